The normalized spacial score (nSPS) is 26.0. The van der Waals surface area contributed by atoms with Crippen LogP contribution in [0.2, 0.25) is 0 Å². The number of nitrogens with one attached hydrogen (secondary N) is 1. The van der Waals surface area contributed by atoms with Gasteiger partial charge >= 0.3 is 5.97 Å². The Balaban J connectivity index is 2.24. The molecule has 0 aromatic carbocycles. The zero-order valence-corrected chi connectivity index (χ0v) is 13.1. The van der Waals surface area contributed by atoms with Crippen LogP contribution in [-0.4, -0.2) is 35.9 Å². The molecule has 4 heteroatoms. The van der Waals surface area contributed by atoms with Crippen LogP contribution in [0.25, 0.3) is 0 Å². The smallest absolute Gasteiger partial charge is 0.323 e. The van der Waals surface area contributed by atoms with Gasteiger partial charge in [-0.15, -0.1) is 0 Å². The molecular formula is C16H31NO3. The maximum absolute atomic E-state index is 11.5. The number of carboxylic acids is 1. The van der Waals surface area contributed by atoms with Crippen LogP contribution in [-0.2, 0) is 9.53 Å². The van der Waals surface area contributed by atoms with Crippen LogP contribution in [0.1, 0.15) is 71.6 Å². The molecule has 0 aromatic heterocycles. The van der Waals surface area contributed by atoms with Gasteiger partial charge in [-0.3, -0.25) is 4.79 Å². The van der Waals surface area contributed by atoms with Gasteiger partial charge in [-0.2, -0.15) is 0 Å². The predicted octanol–water partition coefficient (Wildman–Crippen LogP) is 3.35. The number of unbranched alkanes of at least 4 members (excludes halogenated alkanes) is 4. The topological polar surface area (TPSA) is 58.6 Å². The second kappa shape index (κ2) is 9.35. The summed E-state index contributed by atoms with van der Waals surface area (Å²) in [6.45, 7) is 5.81. The third kappa shape index (κ3) is 5.41. The zero-order chi connectivity index (χ0) is 14.8. The van der Waals surface area contributed by atoms with E-state index in [-0.39, 0.29) is 6.10 Å². The van der Waals surface area contributed by atoms with E-state index in [0.717, 1.165) is 32.4 Å². The van der Waals surface area contributed by atoms with Gasteiger partial charge in [-0.1, -0.05) is 39.5 Å². The highest BCUT2D eigenvalue weighted by Crippen LogP contribution is 2.32. The zero-order valence-electron chi connectivity index (χ0n) is 13.1. The molecule has 118 valence electrons. The molecule has 1 fully saturated rings. The van der Waals surface area contributed by atoms with E-state index < -0.39 is 11.5 Å². The molecule has 2 atom stereocenters. The Morgan fingerprint density at radius 1 is 1.25 bits per heavy atom. The first-order valence-corrected chi connectivity index (χ1v) is 8.24. The maximum Gasteiger partial charge on any atom is 0.323 e. The third-order valence-corrected chi connectivity index (χ3v) is 4.19. The van der Waals surface area contributed by atoms with E-state index in [1.54, 1.807) is 0 Å². The lowest BCUT2D eigenvalue weighted by atomic mass is 9.97. The fourth-order valence-corrected chi connectivity index (χ4v) is 2.89. The van der Waals surface area contributed by atoms with Crippen LogP contribution in [0.4, 0.5) is 0 Å². The fraction of sp³-hybridized carbons (Fsp3) is 0.938. The Kier molecular flexibility index (Phi) is 8.15. The highest BCUT2D eigenvalue weighted by atomic mass is 16.5. The van der Waals surface area contributed by atoms with Crippen LogP contribution < -0.4 is 5.32 Å². The van der Waals surface area contributed by atoms with E-state index in [0.29, 0.717) is 12.8 Å². The molecule has 20 heavy (non-hydrogen) atoms. The summed E-state index contributed by atoms with van der Waals surface area (Å²) in [5.41, 5.74) is -0.747. The van der Waals surface area contributed by atoms with Gasteiger partial charge in [-0.05, 0) is 32.2 Å². The second-order valence-electron chi connectivity index (χ2n) is 5.96. The SMILES string of the molecule is CCCCCCCOC1CCC(NCCC)(C(=O)O)C1. The maximum atomic E-state index is 11.5. The van der Waals surface area contributed by atoms with E-state index in [1.165, 1.54) is 25.7 Å². The summed E-state index contributed by atoms with van der Waals surface area (Å²) < 4.78 is 5.87. The van der Waals surface area contributed by atoms with Gasteiger partial charge < -0.3 is 15.2 Å². The first-order chi connectivity index (χ1) is 9.64. The highest BCUT2D eigenvalue weighted by Gasteiger charge is 2.45. The lowest BCUT2D eigenvalue weighted by molar-refractivity contribution is -0.145. The molecule has 0 saturated heterocycles. The molecule has 0 radical (unpaired) electrons. The molecule has 0 heterocycles. The number of carboxylic acid groups (broad SMARTS) is 1. The number of hydrogen-bond donors (Lipinski definition) is 2. The minimum atomic E-state index is -0.747. The molecule has 4 nitrogen and oxygen atoms in total. The largest absolute Gasteiger partial charge is 0.480 e. The van der Waals surface area contributed by atoms with Crippen molar-refractivity contribution in [3.05, 3.63) is 0 Å². The van der Waals surface area contributed by atoms with Crippen LogP contribution in [0.15, 0.2) is 0 Å². The van der Waals surface area contributed by atoms with Crippen LogP contribution >= 0.6 is 0 Å². The first kappa shape index (κ1) is 17.4. The van der Waals surface area contributed by atoms with E-state index in [1.807, 2.05) is 0 Å². The summed E-state index contributed by atoms with van der Waals surface area (Å²) in [6.07, 6.45) is 9.37. The van der Waals surface area contributed by atoms with Crippen LogP contribution in [0, 0.1) is 0 Å². The lowest BCUT2D eigenvalue weighted by Crippen LogP contribution is -2.50. The van der Waals surface area contributed by atoms with Crippen molar-refractivity contribution in [1.29, 1.82) is 0 Å². The Labute approximate surface area is 123 Å². The van der Waals surface area contributed by atoms with Gasteiger partial charge in [0, 0.05) is 13.0 Å². The lowest BCUT2D eigenvalue weighted by Gasteiger charge is -2.25. The number of rotatable bonds is 11. The minimum absolute atomic E-state index is 0.113. The number of hydrogen-bond acceptors (Lipinski definition) is 3. The quantitative estimate of drug-likeness (QED) is 0.572. The molecule has 1 saturated carbocycles. The molecule has 0 spiro atoms. The Bertz CT molecular complexity index is 283. The van der Waals surface area contributed by atoms with E-state index in [2.05, 4.69) is 19.2 Å². The van der Waals surface area contributed by atoms with Crippen molar-refractivity contribution in [3.63, 3.8) is 0 Å². The summed E-state index contributed by atoms with van der Waals surface area (Å²) in [5, 5.41) is 12.7. The molecule has 0 aromatic rings. The molecule has 1 rings (SSSR count). The average molecular weight is 285 g/mol. The molecule has 1 aliphatic rings. The van der Waals surface area contributed by atoms with E-state index in [4.69, 9.17) is 4.74 Å². The van der Waals surface area contributed by atoms with E-state index in [9.17, 15) is 9.90 Å². The van der Waals surface area contributed by atoms with Gasteiger partial charge in [-0.25, -0.2) is 0 Å². The van der Waals surface area contributed by atoms with E-state index >= 15 is 0 Å². The van der Waals surface area contributed by atoms with Gasteiger partial charge in [0.05, 0.1) is 6.10 Å². The van der Waals surface area contributed by atoms with Crippen molar-refractivity contribution in [2.45, 2.75) is 83.3 Å². The van der Waals surface area contributed by atoms with Gasteiger partial charge in [0.2, 0.25) is 0 Å². The molecule has 0 aliphatic heterocycles. The van der Waals surface area contributed by atoms with Crippen molar-refractivity contribution in [2.75, 3.05) is 13.2 Å². The number of ether oxygens (including phenoxy) is 1. The summed E-state index contributed by atoms with van der Waals surface area (Å²) in [4.78, 5) is 11.5. The summed E-state index contributed by atoms with van der Waals surface area (Å²) in [6, 6.07) is 0. The van der Waals surface area contributed by atoms with Gasteiger partial charge in [0.1, 0.15) is 5.54 Å². The summed E-state index contributed by atoms with van der Waals surface area (Å²) in [5.74, 6) is -0.722. The molecule has 2 unspecified atom stereocenters. The Morgan fingerprint density at radius 3 is 2.65 bits per heavy atom. The minimum Gasteiger partial charge on any atom is -0.480 e. The summed E-state index contributed by atoms with van der Waals surface area (Å²) >= 11 is 0. The first-order valence-electron chi connectivity index (χ1n) is 8.24. The Hall–Kier alpha value is -0.610. The average Bonchev–Trinajstić information content (AvgIpc) is 2.85. The predicted molar refractivity (Wildman–Crippen MR) is 81.0 cm³/mol. The molecule has 0 bridgehead atoms. The monoisotopic (exact) mass is 285 g/mol. The molecular weight excluding hydrogens is 254 g/mol. The van der Waals surface area contributed by atoms with Crippen molar-refractivity contribution in [2.24, 2.45) is 0 Å². The highest BCUT2D eigenvalue weighted by molar-refractivity contribution is 5.79. The Morgan fingerprint density at radius 2 is 2.00 bits per heavy atom. The number of aliphatic carboxylic acids is 1. The number of carbonyl (C=O) groups is 1. The third-order valence-electron chi connectivity index (χ3n) is 4.19. The molecule has 1 aliphatic carbocycles. The van der Waals surface area contributed by atoms with Gasteiger partial charge in [0.15, 0.2) is 0 Å². The van der Waals surface area contributed by atoms with Crippen molar-refractivity contribution in [3.8, 4) is 0 Å². The van der Waals surface area contributed by atoms with Crippen LogP contribution in [0.5, 0.6) is 0 Å². The van der Waals surface area contributed by atoms with Crippen molar-refractivity contribution in [1.82, 2.24) is 5.32 Å². The van der Waals surface area contributed by atoms with Crippen LogP contribution in [0.3, 0.4) is 0 Å². The van der Waals surface area contributed by atoms with Gasteiger partial charge in [0.25, 0.3) is 0 Å². The standard InChI is InChI=1S/C16H31NO3/c1-3-5-6-7-8-12-20-14-9-10-16(13-14,15(18)19)17-11-4-2/h14,17H,3-13H2,1-2H3,(H,18,19). The second-order valence-corrected chi connectivity index (χ2v) is 5.96. The van der Waals surface area contributed by atoms with Crippen molar-refractivity contribution < 1.29 is 14.6 Å². The summed E-state index contributed by atoms with van der Waals surface area (Å²) in [7, 11) is 0. The molecule has 0 amide bonds. The van der Waals surface area contributed by atoms with Crippen molar-refractivity contribution >= 4 is 5.97 Å². The molecule has 2 N–H and O–H groups in total. The fourth-order valence-electron chi connectivity index (χ4n) is 2.89.